The van der Waals surface area contributed by atoms with E-state index in [9.17, 15) is 4.79 Å². The van der Waals surface area contributed by atoms with Gasteiger partial charge in [0.05, 0.1) is 0 Å². The maximum absolute atomic E-state index is 10.8. The summed E-state index contributed by atoms with van der Waals surface area (Å²) in [6.07, 6.45) is 1.61. The van der Waals surface area contributed by atoms with E-state index in [2.05, 4.69) is 50.4 Å². The Morgan fingerprint density at radius 1 is 1.28 bits per heavy atom. The van der Waals surface area contributed by atoms with Gasteiger partial charge in [0.1, 0.15) is 5.78 Å². The monoisotopic (exact) mass is 247 g/mol. The highest BCUT2D eigenvalue weighted by Gasteiger charge is 2.21. The van der Waals surface area contributed by atoms with Crippen molar-refractivity contribution in [3.63, 3.8) is 0 Å². The van der Waals surface area contributed by atoms with Crippen molar-refractivity contribution in [1.82, 2.24) is 5.32 Å². The van der Waals surface area contributed by atoms with Crippen LogP contribution in [0, 0.1) is 6.92 Å². The summed E-state index contributed by atoms with van der Waals surface area (Å²) < 4.78 is 0. The van der Waals surface area contributed by atoms with Crippen molar-refractivity contribution in [3.05, 3.63) is 35.4 Å². The molecule has 1 rings (SSSR count). The average Bonchev–Trinajstić information content (AvgIpc) is 2.28. The minimum absolute atomic E-state index is 0.127. The van der Waals surface area contributed by atoms with Gasteiger partial charge in [0, 0.05) is 18.4 Å². The van der Waals surface area contributed by atoms with Crippen LogP contribution in [0.5, 0.6) is 0 Å². The third-order valence-electron chi connectivity index (χ3n) is 3.32. The molecule has 0 fully saturated rings. The van der Waals surface area contributed by atoms with Gasteiger partial charge in [-0.25, -0.2) is 0 Å². The number of rotatable bonds is 7. The predicted molar refractivity (Wildman–Crippen MR) is 77.0 cm³/mol. The lowest BCUT2D eigenvalue weighted by Gasteiger charge is -2.27. The first-order valence-electron chi connectivity index (χ1n) is 6.70. The second kappa shape index (κ2) is 6.69. The lowest BCUT2D eigenvalue weighted by Crippen LogP contribution is -2.34. The van der Waals surface area contributed by atoms with Gasteiger partial charge < -0.3 is 10.1 Å². The Morgan fingerprint density at radius 2 is 1.94 bits per heavy atom. The summed E-state index contributed by atoms with van der Waals surface area (Å²) in [5, 5.41) is 3.45. The summed E-state index contributed by atoms with van der Waals surface area (Å²) in [6, 6.07) is 8.54. The molecule has 0 amide bonds. The first-order valence-corrected chi connectivity index (χ1v) is 6.70. The predicted octanol–water partition coefficient (Wildman–Crippen LogP) is 3.23. The summed E-state index contributed by atoms with van der Waals surface area (Å²) in [5.41, 5.74) is 2.86. The third-order valence-corrected chi connectivity index (χ3v) is 3.32. The molecule has 0 aromatic heterocycles. The van der Waals surface area contributed by atoms with E-state index >= 15 is 0 Å². The highest BCUT2D eigenvalue weighted by atomic mass is 16.1. The molecule has 0 aliphatic rings. The number of hydrogen-bond donors (Lipinski definition) is 1. The fourth-order valence-electron chi connectivity index (χ4n) is 2.29. The van der Waals surface area contributed by atoms with Crippen molar-refractivity contribution in [2.75, 3.05) is 13.1 Å². The van der Waals surface area contributed by atoms with Crippen LogP contribution in [0.15, 0.2) is 24.3 Å². The number of nitrogens with one attached hydrogen (secondary N) is 1. The van der Waals surface area contributed by atoms with Crippen LogP contribution in [0.1, 0.15) is 44.7 Å². The van der Waals surface area contributed by atoms with Crippen LogP contribution in [0.2, 0.25) is 0 Å². The summed E-state index contributed by atoms with van der Waals surface area (Å²) in [7, 11) is 0. The number of carbonyl (C=O) groups excluding carboxylic acids is 1. The van der Waals surface area contributed by atoms with E-state index in [1.54, 1.807) is 6.92 Å². The first-order chi connectivity index (χ1) is 8.43. The Balaban J connectivity index is 2.45. The van der Waals surface area contributed by atoms with Crippen LogP contribution >= 0.6 is 0 Å². The molecule has 18 heavy (non-hydrogen) atoms. The first kappa shape index (κ1) is 14.9. The number of aryl methyl sites for hydroxylation is 1. The van der Waals surface area contributed by atoms with Crippen LogP contribution in [-0.4, -0.2) is 18.9 Å². The second-order valence-corrected chi connectivity index (χ2v) is 5.68. The molecule has 0 radical (unpaired) electrons. The number of Topliss-reactive ketones (excluding diaryl/α,β-unsaturated/α-hetero) is 1. The molecule has 0 aliphatic heterocycles. The van der Waals surface area contributed by atoms with Crippen molar-refractivity contribution in [1.29, 1.82) is 0 Å². The highest BCUT2D eigenvalue weighted by molar-refractivity contribution is 5.75. The molecule has 0 unspecified atom stereocenters. The zero-order chi connectivity index (χ0) is 13.6. The van der Waals surface area contributed by atoms with Gasteiger partial charge in [-0.2, -0.15) is 0 Å². The summed E-state index contributed by atoms with van der Waals surface area (Å²) in [4.78, 5) is 10.8. The Kier molecular flexibility index (Phi) is 5.54. The minimum atomic E-state index is 0.127. The van der Waals surface area contributed by atoms with E-state index in [4.69, 9.17) is 0 Å². The van der Waals surface area contributed by atoms with Crippen LogP contribution in [0.25, 0.3) is 0 Å². The van der Waals surface area contributed by atoms with Crippen LogP contribution in [-0.2, 0) is 10.2 Å². The van der Waals surface area contributed by atoms with E-state index in [0.29, 0.717) is 6.42 Å². The largest absolute Gasteiger partial charge is 0.316 e. The Hall–Kier alpha value is -1.15. The highest BCUT2D eigenvalue weighted by Crippen LogP contribution is 2.25. The smallest absolute Gasteiger partial charge is 0.129 e. The molecule has 0 spiro atoms. The van der Waals surface area contributed by atoms with E-state index < -0.39 is 0 Å². The minimum Gasteiger partial charge on any atom is -0.316 e. The van der Waals surface area contributed by atoms with Gasteiger partial charge in [-0.1, -0.05) is 38.1 Å². The molecule has 0 bridgehead atoms. The third kappa shape index (κ3) is 4.61. The SMILES string of the molecule is CC(=O)CCCNCC(C)(C)c1ccccc1C. The van der Waals surface area contributed by atoms with Gasteiger partial charge in [0.25, 0.3) is 0 Å². The lowest BCUT2D eigenvalue weighted by molar-refractivity contribution is -0.117. The van der Waals surface area contributed by atoms with Gasteiger partial charge in [0.2, 0.25) is 0 Å². The molecule has 1 aromatic carbocycles. The van der Waals surface area contributed by atoms with E-state index in [-0.39, 0.29) is 11.2 Å². The molecule has 2 heteroatoms. The lowest BCUT2D eigenvalue weighted by atomic mass is 9.82. The molecule has 0 atom stereocenters. The molecule has 2 nitrogen and oxygen atoms in total. The fourth-order valence-corrected chi connectivity index (χ4v) is 2.29. The maximum Gasteiger partial charge on any atom is 0.129 e. The van der Waals surface area contributed by atoms with Crippen LogP contribution in [0.4, 0.5) is 0 Å². The van der Waals surface area contributed by atoms with Crippen molar-refractivity contribution >= 4 is 5.78 Å². The van der Waals surface area contributed by atoms with E-state index in [1.165, 1.54) is 11.1 Å². The van der Waals surface area contributed by atoms with Crippen molar-refractivity contribution < 1.29 is 4.79 Å². The summed E-state index contributed by atoms with van der Waals surface area (Å²) >= 11 is 0. The standard InChI is InChI=1S/C16H25NO/c1-13-8-5-6-10-15(13)16(3,4)12-17-11-7-9-14(2)18/h5-6,8,10,17H,7,9,11-12H2,1-4H3. The fraction of sp³-hybridized carbons (Fsp3) is 0.562. The van der Waals surface area contributed by atoms with Crippen LogP contribution in [0.3, 0.4) is 0 Å². The van der Waals surface area contributed by atoms with Crippen LogP contribution < -0.4 is 5.32 Å². The number of carbonyl (C=O) groups is 1. The molecule has 1 N–H and O–H groups in total. The molecule has 1 aromatic rings. The molecular formula is C16H25NO. The Bertz CT molecular complexity index is 396. The van der Waals surface area contributed by atoms with Crippen molar-refractivity contribution in [3.8, 4) is 0 Å². The van der Waals surface area contributed by atoms with E-state index in [1.807, 2.05) is 0 Å². The molecule has 0 heterocycles. The van der Waals surface area contributed by atoms with Gasteiger partial charge in [0.15, 0.2) is 0 Å². The zero-order valence-electron chi connectivity index (χ0n) is 12.0. The number of hydrogen-bond acceptors (Lipinski definition) is 2. The van der Waals surface area contributed by atoms with Crippen molar-refractivity contribution in [2.24, 2.45) is 0 Å². The Morgan fingerprint density at radius 3 is 2.56 bits per heavy atom. The number of ketones is 1. The molecular weight excluding hydrogens is 222 g/mol. The van der Waals surface area contributed by atoms with Gasteiger partial charge in [-0.05, 0) is 37.9 Å². The average molecular weight is 247 g/mol. The van der Waals surface area contributed by atoms with E-state index in [0.717, 1.165) is 19.5 Å². The molecule has 0 saturated heterocycles. The molecule has 0 aliphatic carbocycles. The molecule has 100 valence electrons. The summed E-state index contributed by atoms with van der Waals surface area (Å²) in [6.45, 7) is 10.2. The zero-order valence-corrected chi connectivity index (χ0v) is 12.0. The van der Waals surface area contributed by atoms with Crippen molar-refractivity contribution in [2.45, 2.75) is 46.0 Å². The topological polar surface area (TPSA) is 29.1 Å². The van der Waals surface area contributed by atoms with Gasteiger partial charge >= 0.3 is 0 Å². The van der Waals surface area contributed by atoms with Gasteiger partial charge in [-0.3, -0.25) is 0 Å². The van der Waals surface area contributed by atoms with Gasteiger partial charge in [-0.15, -0.1) is 0 Å². The molecule has 0 saturated carbocycles. The second-order valence-electron chi connectivity index (χ2n) is 5.68. The number of benzene rings is 1. The Labute approximate surface area is 111 Å². The normalized spacial score (nSPS) is 11.6. The quantitative estimate of drug-likeness (QED) is 0.749. The summed E-state index contributed by atoms with van der Waals surface area (Å²) in [5.74, 6) is 0.273. The maximum atomic E-state index is 10.8.